The van der Waals surface area contributed by atoms with Gasteiger partial charge in [-0.15, -0.1) is 24.0 Å². The van der Waals surface area contributed by atoms with Gasteiger partial charge in [-0.25, -0.2) is 9.79 Å². The minimum atomic E-state index is -0.541. The Kier molecular flexibility index (Phi) is 12.2. The van der Waals surface area contributed by atoms with Crippen LogP contribution in [0.15, 0.2) is 53.8 Å². The van der Waals surface area contributed by atoms with Crippen molar-refractivity contribution in [2.75, 3.05) is 30.3 Å². The van der Waals surface area contributed by atoms with Crippen LogP contribution in [-0.4, -0.2) is 48.2 Å². The standard InChI is InChI=1S/C23H32N6O3.HI/c1-5-25-21(27-16-20(30)28-19-7-6-13-24-15-19)26-14-12-17-8-10-18(11-9-17)29-22(31)32-23(2,3)4;/h6-11,13,15H,5,12,14,16H2,1-4H3,(H,28,30)(H,29,31)(H2,25,26,27);1H. The number of nitrogens with zero attached hydrogens (tertiary/aromatic N) is 2. The summed E-state index contributed by atoms with van der Waals surface area (Å²) in [6, 6.07) is 11.1. The second kappa shape index (κ2) is 14.3. The summed E-state index contributed by atoms with van der Waals surface area (Å²) in [7, 11) is 0. The van der Waals surface area contributed by atoms with E-state index in [1.54, 1.807) is 24.5 Å². The van der Waals surface area contributed by atoms with Crippen molar-refractivity contribution in [3.8, 4) is 0 Å². The highest BCUT2D eigenvalue weighted by atomic mass is 127. The van der Waals surface area contributed by atoms with Crippen molar-refractivity contribution < 1.29 is 14.3 Å². The van der Waals surface area contributed by atoms with Gasteiger partial charge >= 0.3 is 6.09 Å². The number of hydrogen-bond donors (Lipinski definition) is 4. The highest BCUT2D eigenvalue weighted by Crippen LogP contribution is 2.13. The van der Waals surface area contributed by atoms with Gasteiger partial charge in [-0.2, -0.15) is 0 Å². The number of hydrogen-bond acceptors (Lipinski definition) is 5. The predicted molar refractivity (Wildman–Crippen MR) is 142 cm³/mol. The van der Waals surface area contributed by atoms with Crippen molar-refractivity contribution in [1.82, 2.24) is 15.6 Å². The molecule has 4 N–H and O–H groups in total. The topological polar surface area (TPSA) is 117 Å². The number of aliphatic imine (C=N–C) groups is 1. The van der Waals surface area contributed by atoms with E-state index in [4.69, 9.17) is 4.74 Å². The number of carbonyl (C=O) groups excluding carboxylic acids is 2. The van der Waals surface area contributed by atoms with Crippen molar-refractivity contribution in [3.05, 3.63) is 54.4 Å². The van der Waals surface area contributed by atoms with Crippen LogP contribution in [0.4, 0.5) is 16.2 Å². The number of halogens is 1. The number of amides is 2. The highest BCUT2D eigenvalue weighted by molar-refractivity contribution is 14.0. The summed E-state index contributed by atoms with van der Waals surface area (Å²) in [4.78, 5) is 32.2. The van der Waals surface area contributed by atoms with E-state index in [1.165, 1.54) is 0 Å². The molecule has 10 heteroatoms. The van der Waals surface area contributed by atoms with Crippen LogP contribution in [0, 0.1) is 0 Å². The summed E-state index contributed by atoms with van der Waals surface area (Å²) in [5, 5.41) is 11.8. The molecule has 2 aromatic rings. The smallest absolute Gasteiger partial charge is 0.412 e. The molecule has 0 unspecified atom stereocenters. The molecule has 0 radical (unpaired) electrons. The van der Waals surface area contributed by atoms with Gasteiger partial charge in [-0.05, 0) is 63.9 Å². The van der Waals surface area contributed by atoms with Crippen LogP contribution < -0.4 is 21.3 Å². The van der Waals surface area contributed by atoms with E-state index in [0.29, 0.717) is 30.4 Å². The van der Waals surface area contributed by atoms with Crippen molar-refractivity contribution in [2.24, 2.45) is 4.99 Å². The largest absolute Gasteiger partial charge is 0.444 e. The summed E-state index contributed by atoms with van der Waals surface area (Å²) >= 11 is 0. The van der Waals surface area contributed by atoms with E-state index in [-0.39, 0.29) is 36.4 Å². The van der Waals surface area contributed by atoms with Crippen molar-refractivity contribution in [2.45, 2.75) is 39.7 Å². The van der Waals surface area contributed by atoms with E-state index in [1.807, 2.05) is 52.0 Å². The highest BCUT2D eigenvalue weighted by Gasteiger charge is 2.16. The molecule has 180 valence electrons. The minimum absolute atomic E-state index is 0. The fourth-order valence-corrected chi connectivity index (χ4v) is 2.63. The first kappa shape index (κ1) is 28.1. The number of ether oxygens (including phenoxy) is 1. The number of benzene rings is 1. The molecule has 0 aliphatic carbocycles. The number of nitrogens with one attached hydrogen (secondary N) is 4. The van der Waals surface area contributed by atoms with Crippen LogP contribution in [0.2, 0.25) is 0 Å². The van der Waals surface area contributed by atoms with Gasteiger partial charge in [-0.1, -0.05) is 12.1 Å². The maximum atomic E-state index is 12.1. The van der Waals surface area contributed by atoms with Gasteiger partial charge in [0.25, 0.3) is 0 Å². The average molecular weight is 568 g/mol. The zero-order chi connectivity index (χ0) is 23.4. The third-order valence-electron chi connectivity index (χ3n) is 3.98. The van der Waals surface area contributed by atoms with Gasteiger partial charge in [0.05, 0.1) is 11.9 Å². The lowest BCUT2D eigenvalue weighted by atomic mass is 10.1. The molecule has 0 saturated carbocycles. The monoisotopic (exact) mass is 568 g/mol. The SMILES string of the molecule is CCNC(=NCC(=O)Nc1cccnc1)NCCc1ccc(NC(=O)OC(C)(C)C)cc1.I. The lowest BCUT2D eigenvalue weighted by Crippen LogP contribution is -2.39. The second-order valence-corrected chi connectivity index (χ2v) is 7.99. The molecular formula is C23H33IN6O3. The minimum Gasteiger partial charge on any atom is -0.444 e. The molecule has 1 heterocycles. The van der Waals surface area contributed by atoms with Crippen molar-refractivity contribution in [3.63, 3.8) is 0 Å². The predicted octanol–water partition coefficient (Wildman–Crippen LogP) is 3.78. The fourth-order valence-electron chi connectivity index (χ4n) is 2.63. The quantitative estimate of drug-likeness (QED) is 0.219. The Morgan fingerprint density at radius 3 is 2.36 bits per heavy atom. The third-order valence-corrected chi connectivity index (χ3v) is 3.98. The first-order valence-corrected chi connectivity index (χ1v) is 10.6. The molecule has 1 aromatic heterocycles. The summed E-state index contributed by atoms with van der Waals surface area (Å²) in [6.45, 7) is 8.73. The van der Waals surface area contributed by atoms with Gasteiger partial charge in [0, 0.05) is 25.0 Å². The van der Waals surface area contributed by atoms with Crippen molar-refractivity contribution >= 4 is 53.3 Å². The molecule has 0 fully saturated rings. The fraction of sp³-hybridized carbons (Fsp3) is 0.391. The van der Waals surface area contributed by atoms with Crippen LogP contribution in [0.1, 0.15) is 33.3 Å². The molecule has 0 atom stereocenters. The Hall–Kier alpha value is -2.89. The van der Waals surface area contributed by atoms with Gasteiger partial charge < -0.3 is 20.7 Å². The molecule has 0 aliphatic heterocycles. The Balaban J connectivity index is 0.00000544. The first-order chi connectivity index (χ1) is 15.2. The normalized spacial score (nSPS) is 11.1. The first-order valence-electron chi connectivity index (χ1n) is 10.6. The van der Waals surface area contributed by atoms with Crippen molar-refractivity contribution in [1.29, 1.82) is 0 Å². The number of aromatic nitrogens is 1. The zero-order valence-electron chi connectivity index (χ0n) is 19.5. The lowest BCUT2D eigenvalue weighted by molar-refractivity contribution is -0.114. The maximum Gasteiger partial charge on any atom is 0.412 e. The summed E-state index contributed by atoms with van der Waals surface area (Å²) in [5.41, 5.74) is 1.86. The molecule has 2 amide bonds. The zero-order valence-corrected chi connectivity index (χ0v) is 21.8. The number of pyridine rings is 1. The van der Waals surface area contributed by atoms with E-state index < -0.39 is 11.7 Å². The summed E-state index contributed by atoms with van der Waals surface area (Å²) in [6.07, 6.45) is 3.50. The van der Waals surface area contributed by atoms with Crippen LogP contribution in [0.3, 0.4) is 0 Å². The lowest BCUT2D eigenvalue weighted by Gasteiger charge is -2.19. The Labute approximate surface area is 212 Å². The van der Waals surface area contributed by atoms with Gasteiger partial charge in [-0.3, -0.25) is 15.1 Å². The summed E-state index contributed by atoms with van der Waals surface area (Å²) < 4.78 is 5.25. The molecule has 0 spiro atoms. The van der Waals surface area contributed by atoms with Crippen LogP contribution >= 0.6 is 24.0 Å². The molecular weight excluding hydrogens is 535 g/mol. The van der Waals surface area contributed by atoms with Crippen LogP contribution in [0.5, 0.6) is 0 Å². The van der Waals surface area contributed by atoms with E-state index >= 15 is 0 Å². The number of guanidine groups is 1. The van der Waals surface area contributed by atoms with Crippen LogP contribution in [-0.2, 0) is 16.0 Å². The molecule has 0 saturated heterocycles. The van der Waals surface area contributed by atoms with E-state index in [0.717, 1.165) is 12.0 Å². The maximum absolute atomic E-state index is 12.1. The molecule has 1 aromatic carbocycles. The summed E-state index contributed by atoms with van der Waals surface area (Å²) in [5.74, 6) is 0.348. The molecule has 9 nitrogen and oxygen atoms in total. The molecule has 0 aliphatic rings. The van der Waals surface area contributed by atoms with E-state index in [2.05, 4.69) is 31.2 Å². The number of rotatable bonds is 8. The Morgan fingerprint density at radius 1 is 1.03 bits per heavy atom. The van der Waals surface area contributed by atoms with E-state index in [9.17, 15) is 9.59 Å². The second-order valence-electron chi connectivity index (χ2n) is 7.99. The van der Waals surface area contributed by atoms with Gasteiger partial charge in [0.1, 0.15) is 12.1 Å². The molecule has 0 bridgehead atoms. The number of anilines is 2. The Bertz CT molecular complexity index is 899. The van der Waals surface area contributed by atoms with Gasteiger partial charge in [0.2, 0.25) is 5.91 Å². The number of carbonyl (C=O) groups is 2. The average Bonchev–Trinajstić information content (AvgIpc) is 2.72. The Morgan fingerprint density at radius 2 is 1.76 bits per heavy atom. The third kappa shape index (κ3) is 12.1. The van der Waals surface area contributed by atoms with Gasteiger partial charge in [0.15, 0.2) is 5.96 Å². The molecule has 2 rings (SSSR count). The van der Waals surface area contributed by atoms with Crippen LogP contribution in [0.25, 0.3) is 0 Å². The molecule has 33 heavy (non-hydrogen) atoms.